The van der Waals surface area contributed by atoms with E-state index in [-0.39, 0.29) is 12.7 Å². The zero-order valence-corrected chi connectivity index (χ0v) is 7.42. The molecule has 1 rings (SSSR count). The third-order valence-electron chi connectivity index (χ3n) is 2.76. The molecule has 0 aromatic carbocycles. The fraction of sp³-hybridized carbons (Fsp3) is 1.00. The first-order valence-electron chi connectivity index (χ1n) is 4.50. The summed E-state index contributed by atoms with van der Waals surface area (Å²) in [7, 11) is 0. The summed E-state index contributed by atoms with van der Waals surface area (Å²) >= 11 is 0. The van der Waals surface area contributed by atoms with Crippen LogP contribution in [0.4, 0.5) is 0 Å². The lowest BCUT2D eigenvalue weighted by Crippen LogP contribution is -2.12. The van der Waals surface area contributed by atoms with Crippen molar-refractivity contribution in [1.29, 1.82) is 0 Å². The Hall–Kier alpha value is -0.0800. The summed E-state index contributed by atoms with van der Waals surface area (Å²) in [6.45, 7) is 5.50. The molecule has 0 amide bonds. The number of aliphatic hydroxyl groups is 1. The predicted octanol–water partition coefficient (Wildman–Crippen LogP) is 1.43. The molecule has 0 radical (unpaired) electrons. The van der Waals surface area contributed by atoms with Gasteiger partial charge in [-0.2, -0.15) is 0 Å². The summed E-state index contributed by atoms with van der Waals surface area (Å²) in [5.41, 5.74) is 0. The molecule has 0 saturated carbocycles. The lowest BCUT2D eigenvalue weighted by molar-refractivity contribution is 0.0560. The van der Waals surface area contributed by atoms with Gasteiger partial charge in [0, 0.05) is 0 Å². The maximum absolute atomic E-state index is 8.81. The van der Waals surface area contributed by atoms with Crippen molar-refractivity contribution in [2.45, 2.75) is 32.8 Å². The van der Waals surface area contributed by atoms with E-state index in [0.29, 0.717) is 5.92 Å². The van der Waals surface area contributed by atoms with Crippen LogP contribution < -0.4 is 0 Å². The van der Waals surface area contributed by atoms with Crippen molar-refractivity contribution in [2.75, 3.05) is 13.2 Å². The molecule has 0 bridgehead atoms. The summed E-state index contributed by atoms with van der Waals surface area (Å²) < 4.78 is 5.39. The minimum absolute atomic E-state index is 0.119. The van der Waals surface area contributed by atoms with Gasteiger partial charge >= 0.3 is 0 Å². The van der Waals surface area contributed by atoms with E-state index in [4.69, 9.17) is 9.84 Å². The van der Waals surface area contributed by atoms with Gasteiger partial charge in [-0.15, -0.1) is 0 Å². The molecular formula is C9H18O2. The topological polar surface area (TPSA) is 29.5 Å². The van der Waals surface area contributed by atoms with E-state index < -0.39 is 0 Å². The van der Waals surface area contributed by atoms with Gasteiger partial charge in [-0.3, -0.25) is 0 Å². The van der Waals surface area contributed by atoms with Crippen molar-refractivity contribution >= 4 is 0 Å². The van der Waals surface area contributed by atoms with Crippen LogP contribution in [-0.2, 0) is 4.74 Å². The Morgan fingerprint density at radius 3 is 2.82 bits per heavy atom. The molecule has 2 nitrogen and oxygen atoms in total. The van der Waals surface area contributed by atoms with Crippen LogP contribution in [0.25, 0.3) is 0 Å². The lowest BCUT2D eigenvalue weighted by Gasteiger charge is -2.14. The third kappa shape index (κ3) is 2.17. The molecule has 3 atom stereocenters. The molecule has 0 aromatic rings. The van der Waals surface area contributed by atoms with Gasteiger partial charge in [0.15, 0.2) is 0 Å². The zero-order chi connectivity index (χ0) is 8.27. The highest BCUT2D eigenvalue weighted by Crippen LogP contribution is 2.27. The van der Waals surface area contributed by atoms with Crippen LogP contribution in [-0.4, -0.2) is 24.4 Å². The fourth-order valence-corrected chi connectivity index (χ4v) is 1.59. The molecule has 1 heterocycles. The van der Waals surface area contributed by atoms with Crippen molar-refractivity contribution < 1.29 is 9.84 Å². The Kier molecular flexibility index (Phi) is 3.34. The number of aliphatic hydroxyl groups excluding tert-OH is 1. The van der Waals surface area contributed by atoms with Gasteiger partial charge < -0.3 is 9.84 Å². The molecule has 2 heteroatoms. The van der Waals surface area contributed by atoms with E-state index in [0.717, 1.165) is 18.9 Å². The zero-order valence-electron chi connectivity index (χ0n) is 7.42. The Morgan fingerprint density at radius 1 is 1.64 bits per heavy atom. The van der Waals surface area contributed by atoms with Crippen molar-refractivity contribution in [3.05, 3.63) is 0 Å². The molecule has 0 spiro atoms. The highest BCUT2D eigenvalue weighted by atomic mass is 16.5. The average molecular weight is 158 g/mol. The Bertz CT molecular complexity index is 114. The first kappa shape index (κ1) is 9.01. The van der Waals surface area contributed by atoms with Crippen molar-refractivity contribution in [2.24, 2.45) is 11.8 Å². The van der Waals surface area contributed by atoms with Crippen LogP contribution in [0.3, 0.4) is 0 Å². The minimum Gasteiger partial charge on any atom is -0.394 e. The molecule has 0 aromatic heterocycles. The predicted molar refractivity (Wildman–Crippen MR) is 44.4 cm³/mol. The Labute approximate surface area is 68.6 Å². The number of hydrogen-bond donors (Lipinski definition) is 1. The van der Waals surface area contributed by atoms with Gasteiger partial charge in [0.2, 0.25) is 0 Å². The van der Waals surface area contributed by atoms with Gasteiger partial charge in [-0.05, 0) is 18.3 Å². The molecule has 0 aliphatic carbocycles. The normalized spacial score (nSPS) is 34.1. The number of ether oxygens (including phenoxy) is 1. The molecule has 0 unspecified atom stereocenters. The summed E-state index contributed by atoms with van der Waals surface area (Å²) in [4.78, 5) is 0. The van der Waals surface area contributed by atoms with E-state index in [2.05, 4.69) is 13.8 Å². The number of rotatable bonds is 3. The van der Waals surface area contributed by atoms with Crippen LogP contribution in [0.1, 0.15) is 26.7 Å². The standard InChI is InChI=1S/C9H18O2/c1-3-7(2)8-4-9(5-10)11-6-8/h7-10H,3-6H2,1-2H3/t7-,8-,9-/m0/s1. The molecule has 1 aliphatic heterocycles. The quantitative estimate of drug-likeness (QED) is 0.673. The fourth-order valence-electron chi connectivity index (χ4n) is 1.59. The van der Waals surface area contributed by atoms with Crippen molar-refractivity contribution in [1.82, 2.24) is 0 Å². The van der Waals surface area contributed by atoms with E-state index >= 15 is 0 Å². The van der Waals surface area contributed by atoms with Gasteiger partial charge in [0.25, 0.3) is 0 Å². The molecule has 1 aliphatic rings. The summed E-state index contributed by atoms with van der Waals surface area (Å²) in [5.74, 6) is 1.42. The highest BCUT2D eigenvalue weighted by molar-refractivity contribution is 4.76. The SMILES string of the molecule is CC[C@H](C)[C@@H]1CO[C@H](CO)C1. The first-order valence-corrected chi connectivity index (χ1v) is 4.50. The largest absolute Gasteiger partial charge is 0.394 e. The smallest absolute Gasteiger partial charge is 0.0809 e. The Balaban J connectivity index is 2.29. The maximum Gasteiger partial charge on any atom is 0.0809 e. The van der Waals surface area contributed by atoms with Crippen LogP contribution in [0.15, 0.2) is 0 Å². The van der Waals surface area contributed by atoms with Gasteiger partial charge in [-0.1, -0.05) is 20.3 Å². The van der Waals surface area contributed by atoms with E-state index in [1.165, 1.54) is 6.42 Å². The molecule has 1 fully saturated rings. The van der Waals surface area contributed by atoms with Crippen LogP contribution >= 0.6 is 0 Å². The lowest BCUT2D eigenvalue weighted by atomic mass is 9.90. The monoisotopic (exact) mass is 158 g/mol. The molecule has 66 valence electrons. The molecule has 1 saturated heterocycles. The van der Waals surface area contributed by atoms with Crippen molar-refractivity contribution in [3.8, 4) is 0 Å². The van der Waals surface area contributed by atoms with Crippen LogP contribution in [0, 0.1) is 11.8 Å². The average Bonchev–Trinajstić information content (AvgIpc) is 2.50. The van der Waals surface area contributed by atoms with E-state index in [1.807, 2.05) is 0 Å². The second kappa shape index (κ2) is 4.07. The van der Waals surface area contributed by atoms with Crippen molar-refractivity contribution in [3.63, 3.8) is 0 Å². The maximum atomic E-state index is 8.81. The molecule has 1 N–H and O–H groups in total. The van der Waals surface area contributed by atoms with Crippen LogP contribution in [0.2, 0.25) is 0 Å². The second-order valence-corrected chi connectivity index (χ2v) is 3.52. The summed E-state index contributed by atoms with van der Waals surface area (Å²) in [6, 6.07) is 0. The third-order valence-corrected chi connectivity index (χ3v) is 2.76. The van der Waals surface area contributed by atoms with Crippen LogP contribution in [0.5, 0.6) is 0 Å². The highest BCUT2D eigenvalue weighted by Gasteiger charge is 2.27. The minimum atomic E-state index is 0.119. The van der Waals surface area contributed by atoms with E-state index in [1.54, 1.807) is 0 Å². The van der Waals surface area contributed by atoms with E-state index in [9.17, 15) is 0 Å². The van der Waals surface area contributed by atoms with Gasteiger partial charge in [-0.25, -0.2) is 0 Å². The number of hydrogen-bond acceptors (Lipinski definition) is 2. The second-order valence-electron chi connectivity index (χ2n) is 3.52. The van der Waals surface area contributed by atoms with Gasteiger partial charge in [0.05, 0.1) is 19.3 Å². The molecule has 11 heavy (non-hydrogen) atoms. The first-order chi connectivity index (χ1) is 5.27. The van der Waals surface area contributed by atoms with Gasteiger partial charge in [0.1, 0.15) is 0 Å². The summed E-state index contributed by atoms with van der Waals surface area (Å²) in [6.07, 6.45) is 2.38. The Morgan fingerprint density at radius 2 is 2.36 bits per heavy atom. The summed E-state index contributed by atoms with van der Waals surface area (Å²) in [5, 5.41) is 8.81. The molecular weight excluding hydrogens is 140 g/mol.